The lowest BCUT2D eigenvalue weighted by Gasteiger charge is -2.19. The lowest BCUT2D eigenvalue weighted by atomic mass is 10.2. The van der Waals surface area contributed by atoms with Gasteiger partial charge in [0.15, 0.2) is 0 Å². The van der Waals surface area contributed by atoms with E-state index in [4.69, 9.17) is 9.72 Å². The summed E-state index contributed by atoms with van der Waals surface area (Å²) in [6.07, 6.45) is 2.37. The largest absolute Gasteiger partial charge is 0.465 e. The van der Waals surface area contributed by atoms with Crippen LogP contribution in [0.25, 0.3) is 10.9 Å². The Hall–Kier alpha value is -3.15. The van der Waals surface area contributed by atoms with Gasteiger partial charge < -0.3 is 15.0 Å². The van der Waals surface area contributed by atoms with Crippen LogP contribution in [0, 0.1) is 0 Å². The predicted molar refractivity (Wildman–Crippen MR) is 102 cm³/mol. The zero-order valence-corrected chi connectivity index (χ0v) is 14.6. The molecule has 6 heteroatoms. The quantitative estimate of drug-likeness (QED) is 0.724. The van der Waals surface area contributed by atoms with Crippen LogP contribution in [-0.4, -0.2) is 36.1 Å². The van der Waals surface area contributed by atoms with Gasteiger partial charge in [0.25, 0.3) is 0 Å². The maximum absolute atomic E-state index is 11.7. The van der Waals surface area contributed by atoms with Crippen LogP contribution in [0.15, 0.2) is 48.5 Å². The molecule has 3 aromatic rings. The van der Waals surface area contributed by atoms with Crippen LogP contribution in [0.2, 0.25) is 0 Å². The van der Waals surface area contributed by atoms with Gasteiger partial charge >= 0.3 is 5.97 Å². The molecule has 0 bridgehead atoms. The van der Waals surface area contributed by atoms with Gasteiger partial charge in [-0.25, -0.2) is 9.78 Å². The summed E-state index contributed by atoms with van der Waals surface area (Å²) in [4.78, 5) is 23.4. The van der Waals surface area contributed by atoms with Gasteiger partial charge in [0.2, 0.25) is 5.95 Å². The number of rotatable bonds is 4. The summed E-state index contributed by atoms with van der Waals surface area (Å²) in [6, 6.07) is 15.2. The summed E-state index contributed by atoms with van der Waals surface area (Å²) in [5.41, 5.74) is 2.13. The molecule has 1 N–H and O–H groups in total. The van der Waals surface area contributed by atoms with E-state index in [-0.39, 0.29) is 5.97 Å². The molecule has 1 aromatic heterocycles. The zero-order chi connectivity index (χ0) is 17.9. The molecule has 1 aliphatic heterocycles. The van der Waals surface area contributed by atoms with E-state index in [2.05, 4.69) is 21.3 Å². The second-order valence-corrected chi connectivity index (χ2v) is 6.28. The maximum atomic E-state index is 11.7. The Morgan fingerprint density at radius 2 is 1.88 bits per heavy atom. The van der Waals surface area contributed by atoms with Crippen molar-refractivity contribution in [2.75, 3.05) is 30.4 Å². The van der Waals surface area contributed by atoms with Gasteiger partial charge in [-0.1, -0.05) is 18.2 Å². The Bertz CT molecular complexity index is 951. The van der Waals surface area contributed by atoms with Gasteiger partial charge in [-0.3, -0.25) is 0 Å². The van der Waals surface area contributed by atoms with Crippen LogP contribution in [0.3, 0.4) is 0 Å². The molecule has 0 aliphatic carbocycles. The number of fused-ring (bicyclic) bond motifs is 1. The fraction of sp³-hybridized carbons (Fsp3) is 0.250. The first-order valence-electron chi connectivity index (χ1n) is 8.72. The molecule has 1 fully saturated rings. The third-order valence-corrected chi connectivity index (χ3v) is 4.53. The highest BCUT2D eigenvalue weighted by atomic mass is 16.5. The Labute approximate surface area is 151 Å². The second kappa shape index (κ2) is 7.00. The normalized spacial score (nSPS) is 13.8. The number of anilines is 3. The number of hydrogen-bond donors (Lipinski definition) is 1. The smallest absolute Gasteiger partial charge is 0.337 e. The molecule has 0 radical (unpaired) electrons. The van der Waals surface area contributed by atoms with Crippen molar-refractivity contribution in [1.82, 2.24) is 9.97 Å². The van der Waals surface area contributed by atoms with Gasteiger partial charge in [0.1, 0.15) is 5.82 Å². The topological polar surface area (TPSA) is 67.3 Å². The summed E-state index contributed by atoms with van der Waals surface area (Å²) in [5.74, 6) is 1.11. The molecule has 6 nitrogen and oxygen atoms in total. The molecule has 0 spiro atoms. The number of ether oxygens (including phenoxy) is 1. The molecule has 1 saturated heterocycles. The fourth-order valence-corrected chi connectivity index (χ4v) is 3.26. The third kappa shape index (κ3) is 3.18. The number of para-hydroxylation sites is 1. The second-order valence-electron chi connectivity index (χ2n) is 6.28. The minimum atomic E-state index is -0.370. The van der Waals surface area contributed by atoms with Crippen LogP contribution in [0.5, 0.6) is 0 Å². The Balaban J connectivity index is 1.72. The van der Waals surface area contributed by atoms with Crippen LogP contribution in [0.4, 0.5) is 17.5 Å². The highest BCUT2D eigenvalue weighted by molar-refractivity contribution is 5.92. The fourth-order valence-electron chi connectivity index (χ4n) is 3.26. The van der Waals surface area contributed by atoms with E-state index in [9.17, 15) is 4.79 Å². The first-order chi connectivity index (χ1) is 12.7. The van der Waals surface area contributed by atoms with Crippen LogP contribution in [-0.2, 0) is 4.74 Å². The minimum Gasteiger partial charge on any atom is -0.465 e. The highest BCUT2D eigenvalue weighted by Crippen LogP contribution is 2.29. The third-order valence-electron chi connectivity index (χ3n) is 4.53. The number of esters is 1. The number of methoxy groups -OCH3 is 1. The number of benzene rings is 2. The van der Waals surface area contributed by atoms with E-state index in [0.717, 1.165) is 35.5 Å². The van der Waals surface area contributed by atoms with Crippen LogP contribution < -0.4 is 10.2 Å². The van der Waals surface area contributed by atoms with Crippen molar-refractivity contribution < 1.29 is 9.53 Å². The van der Waals surface area contributed by atoms with Crippen molar-refractivity contribution in [1.29, 1.82) is 0 Å². The number of carbonyl (C=O) groups is 1. The molecule has 0 unspecified atom stereocenters. The molecular formula is C20H20N4O2. The van der Waals surface area contributed by atoms with Crippen LogP contribution >= 0.6 is 0 Å². The molecule has 132 valence electrons. The molecule has 4 rings (SSSR count). The number of nitrogens with zero attached hydrogens (tertiary/aromatic N) is 3. The first-order valence-corrected chi connectivity index (χ1v) is 8.72. The average Bonchev–Trinajstić information content (AvgIpc) is 3.21. The molecule has 0 saturated carbocycles. The van der Waals surface area contributed by atoms with E-state index in [1.807, 2.05) is 24.3 Å². The summed E-state index contributed by atoms with van der Waals surface area (Å²) >= 11 is 0. The average molecular weight is 348 g/mol. The predicted octanol–water partition coefficient (Wildman–Crippen LogP) is 3.76. The van der Waals surface area contributed by atoms with Gasteiger partial charge in [-0.2, -0.15) is 4.98 Å². The Kier molecular flexibility index (Phi) is 4.39. The van der Waals surface area contributed by atoms with E-state index in [1.165, 1.54) is 20.0 Å². The molecule has 1 aliphatic rings. The number of aromatic nitrogens is 2. The lowest BCUT2D eigenvalue weighted by Crippen LogP contribution is -2.20. The van der Waals surface area contributed by atoms with E-state index >= 15 is 0 Å². The van der Waals surface area contributed by atoms with Gasteiger partial charge in [-0.15, -0.1) is 0 Å². The summed E-state index contributed by atoms with van der Waals surface area (Å²) < 4.78 is 4.78. The van der Waals surface area contributed by atoms with Crippen molar-refractivity contribution in [2.45, 2.75) is 12.8 Å². The summed E-state index contributed by atoms with van der Waals surface area (Å²) in [5, 5.41) is 4.28. The first kappa shape index (κ1) is 16.3. The van der Waals surface area contributed by atoms with Gasteiger partial charge in [-0.05, 0) is 43.2 Å². The van der Waals surface area contributed by atoms with E-state index in [1.54, 1.807) is 18.2 Å². The Morgan fingerprint density at radius 1 is 1.08 bits per heavy atom. The van der Waals surface area contributed by atoms with Crippen molar-refractivity contribution in [3.63, 3.8) is 0 Å². The van der Waals surface area contributed by atoms with E-state index in [0.29, 0.717) is 11.5 Å². The standard InChI is InChI=1S/C20H20N4O2/c1-26-19(25)14-7-6-8-15(13-14)21-20-22-17-10-3-2-9-16(17)18(23-20)24-11-4-5-12-24/h2-3,6-10,13H,4-5,11-12H2,1H3,(H,21,22,23). The summed E-state index contributed by atoms with van der Waals surface area (Å²) in [7, 11) is 1.37. The number of carbonyl (C=O) groups excluding carboxylic acids is 1. The molecule has 2 heterocycles. The number of nitrogens with one attached hydrogen (secondary N) is 1. The zero-order valence-electron chi connectivity index (χ0n) is 14.6. The van der Waals surface area contributed by atoms with Crippen LogP contribution in [0.1, 0.15) is 23.2 Å². The summed E-state index contributed by atoms with van der Waals surface area (Å²) in [6.45, 7) is 2.02. The van der Waals surface area contributed by atoms with Crippen molar-refractivity contribution in [3.05, 3.63) is 54.1 Å². The van der Waals surface area contributed by atoms with Crippen molar-refractivity contribution in [3.8, 4) is 0 Å². The van der Waals surface area contributed by atoms with Crippen molar-refractivity contribution >= 4 is 34.3 Å². The van der Waals surface area contributed by atoms with Gasteiger partial charge in [0.05, 0.1) is 18.2 Å². The molecule has 0 amide bonds. The Morgan fingerprint density at radius 3 is 2.69 bits per heavy atom. The molecule has 26 heavy (non-hydrogen) atoms. The monoisotopic (exact) mass is 348 g/mol. The van der Waals surface area contributed by atoms with Crippen molar-refractivity contribution in [2.24, 2.45) is 0 Å². The highest BCUT2D eigenvalue weighted by Gasteiger charge is 2.18. The maximum Gasteiger partial charge on any atom is 0.337 e. The molecular weight excluding hydrogens is 328 g/mol. The van der Waals surface area contributed by atoms with Gasteiger partial charge in [0, 0.05) is 24.2 Å². The molecule has 0 atom stereocenters. The van der Waals surface area contributed by atoms with E-state index < -0.39 is 0 Å². The molecule has 2 aromatic carbocycles. The SMILES string of the molecule is COC(=O)c1cccc(Nc2nc(N3CCCC3)c3ccccc3n2)c1. The number of hydrogen-bond acceptors (Lipinski definition) is 6. The minimum absolute atomic E-state index is 0.370. The lowest BCUT2D eigenvalue weighted by molar-refractivity contribution is 0.0601.